The van der Waals surface area contributed by atoms with Crippen LogP contribution in [0, 0.1) is 0 Å². The lowest BCUT2D eigenvalue weighted by atomic mass is 10.1. The van der Waals surface area contributed by atoms with Crippen LogP contribution in [-0.4, -0.2) is 22.6 Å². The minimum absolute atomic E-state index is 0.0138. The molecule has 0 atom stereocenters. The number of carbonyl (C=O) groups is 1. The van der Waals surface area contributed by atoms with Gasteiger partial charge < -0.3 is 10.3 Å². The Hall–Kier alpha value is -1.93. The molecule has 1 aromatic carbocycles. The van der Waals surface area contributed by atoms with Gasteiger partial charge in [0.2, 0.25) is 0 Å². The maximum Gasteiger partial charge on any atom is 0.417 e. The number of rotatable bonds is 4. The zero-order valence-corrected chi connectivity index (χ0v) is 9.38. The van der Waals surface area contributed by atoms with Crippen molar-refractivity contribution in [3.63, 3.8) is 0 Å². The standard InChI is InChI=1S/C12H14N2O2/c1-9(2)16-12(15)11(14-13)8-10-6-4-3-5-7-10/h3-7,9H,8H2,1-2H3. The van der Waals surface area contributed by atoms with Crippen molar-refractivity contribution in [1.29, 1.82) is 0 Å². The van der Waals surface area contributed by atoms with E-state index in [0.29, 0.717) is 0 Å². The second-order valence-corrected chi connectivity index (χ2v) is 3.66. The minimum atomic E-state index is -0.582. The topological polar surface area (TPSA) is 62.7 Å². The summed E-state index contributed by atoms with van der Waals surface area (Å²) in [5.74, 6) is -0.582. The van der Waals surface area contributed by atoms with E-state index < -0.39 is 5.97 Å². The summed E-state index contributed by atoms with van der Waals surface area (Å²) in [7, 11) is 0. The molecular formula is C12H14N2O2. The Balaban J connectivity index is 2.71. The quantitative estimate of drug-likeness (QED) is 0.335. The summed E-state index contributed by atoms with van der Waals surface area (Å²) in [6.45, 7) is 3.49. The van der Waals surface area contributed by atoms with Gasteiger partial charge in [-0.25, -0.2) is 4.79 Å². The van der Waals surface area contributed by atoms with Gasteiger partial charge in [0.1, 0.15) is 0 Å². The molecule has 0 bridgehead atoms. The number of hydrogen-bond acceptors (Lipinski definition) is 2. The van der Waals surface area contributed by atoms with E-state index in [0.717, 1.165) is 5.56 Å². The summed E-state index contributed by atoms with van der Waals surface area (Å²) in [4.78, 5) is 14.5. The monoisotopic (exact) mass is 218 g/mol. The Labute approximate surface area is 94.5 Å². The average molecular weight is 218 g/mol. The molecule has 0 heterocycles. The van der Waals surface area contributed by atoms with Gasteiger partial charge in [-0.2, -0.15) is 4.79 Å². The van der Waals surface area contributed by atoms with Crippen LogP contribution < -0.4 is 0 Å². The van der Waals surface area contributed by atoms with Crippen molar-refractivity contribution >= 4 is 11.7 Å². The minimum Gasteiger partial charge on any atom is -0.454 e. The Kier molecular flexibility index (Phi) is 4.42. The van der Waals surface area contributed by atoms with Crippen molar-refractivity contribution in [2.45, 2.75) is 26.4 Å². The molecule has 0 N–H and O–H groups in total. The summed E-state index contributed by atoms with van der Waals surface area (Å²) in [5, 5.41) is 0. The molecule has 4 heteroatoms. The molecule has 1 aromatic rings. The maximum absolute atomic E-state index is 11.5. The molecule has 0 fully saturated rings. The van der Waals surface area contributed by atoms with Crippen LogP contribution in [0.25, 0.3) is 5.53 Å². The number of esters is 1. The first-order valence-electron chi connectivity index (χ1n) is 5.09. The van der Waals surface area contributed by atoms with Crippen molar-refractivity contribution in [2.75, 3.05) is 0 Å². The molecule has 0 aliphatic heterocycles. The first kappa shape index (κ1) is 12.1. The number of nitrogens with zero attached hydrogens (tertiary/aromatic N) is 2. The van der Waals surface area contributed by atoms with Crippen LogP contribution in [0.15, 0.2) is 30.3 Å². The van der Waals surface area contributed by atoms with E-state index in [1.807, 2.05) is 30.3 Å². The Bertz CT molecular complexity index is 406. The molecule has 0 saturated carbocycles. The highest BCUT2D eigenvalue weighted by Crippen LogP contribution is 2.02. The molecule has 0 aromatic heterocycles. The predicted octanol–water partition coefficient (Wildman–Crippen LogP) is 1.85. The predicted molar refractivity (Wildman–Crippen MR) is 60.0 cm³/mol. The highest BCUT2D eigenvalue weighted by Gasteiger charge is 2.23. The van der Waals surface area contributed by atoms with Gasteiger partial charge >= 0.3 is 11.7 Å². The molecule has 1 rings (SSSR count). The molecule has 84 valence electrons. The van der Waals surface area contributed by atoms with Gasteiger partial charge in [0.25, 0.3) is 0 Å². The van der Waals surface area contributed by atoms with E-state index in [1.54, 1.807) is 13.8 Å². The summed E-state index contributed by atoms with van der Waals surface area (Å²) < 4.78 is 4.95. The summed E-state index contributed by atoms with van der Waals surface area (Å²) >= 11 is 0. The van der Waals surface area contributed by atoms with Gasteiger partial charge in [0.15, 0.2) is 0 Å². The van der Waals surface area contributed by atoms with Gasteiger partial charge in [-0.15, -0.1) is 0 Å². The van der Waals surface area contributed by atoms with Crippen LogP contribution in [-0.2, 0) is 16.0 Å². The molecule has 0 saturated heterocycles. The van der Waals surface area contributed by atoms with Gasteiger partial charge in [-0.05, 0) is 19.4 Å². The van der Waals surface area contributed by atoms with E-state index in [9.17, 15) is 4.79 Å². The molecule has 16 heavy (non-hydrogen) atoms. The molecule has 0 aliphatic carbocycles. The van der Waals surface area contributed by atoms with Crippen LogP contribution in [0.4, 0.5) is 0 Å². The van der Waals surface area contributed by atoms with Gasteiger partial charge in [0.05, 0.1) is 12.5 Å². The van der Waals surface area contributed by atoms with Gasteiger partial charge in [-0.3, -0.25) is 0 Å². The molecule has 0 unspecified atom stereocenters. The van der Waals surface area contributed by atoms with Crippen molar-refractivity contribution in [3.8, 4) is 0 Å². The van der Waals surface area contributed by atoms with E-state index >= 15 is 0 Å². The fraction of sp³-hybridized carbons (Fsp3) is 0.333. The fourth-order valence-electron chi connectivity index (χ4n) is 1.22. The van der Waals surface area contributed by atoms with Gasteiger partial charge in [-0.1, -0.05) is 30.3 Å². The summed E-state index contributed by atoms with van der Waals surface area (Å²) in [5.41, 5.74) is 9.67. The Morgan fingerprint density at radius 1 is 1.38 bits per heavy atom. The molecule has 0 radical (unpaired) electrons. The third kappa shape index (κ3) is 3.67. The van der Waals surface area contributed by atoms with E-state index in [1.165, 1.54) is 0 Å². The third-order valence-electron chi connectivity index (χ3n) is 1.91. The lowest BCUT2D eigenvalue weighted by Gasteiger charge is -2.04. The van der Waals surface area contributed by atoms with Crippen molar-refractivity contribution < 1.29 is 14.3 Å². The van der Waals surface area contributed by atoms with E-state index in [4.69, 9.17) is 10.3 Å². The zero-order chi connectivity index (χ0) is 12.0. The highest BCUT2D eigenvalue weighted by atomic mass is 16.5. The highest BCUT2D eigenvalue weighted by molar-refractivity contribution is 6.34. The summed E-state index contributed by atoms with van der Waals surface area (Å²) in [6.07, 6.45) is 0.0446. The van der Waals surface area contributed by atoms with Crippen molar-refractivity contribution in [1.82, 2.24) is 0 Å². The second kappa shape index (κ2) is 5.83. The van der Waals surface area contributed by atoms with E-state index in [2.05, 4.69) is 4.79 Å². The van der Waals surface area contributed by atoms with Crippen molar-refractivity contribution in [3.05, 3.63) is 41.4 Å². The lowest BCUT2D eigenvalue weighted by molar-refractivity contribution is -0.144. The average Bonchev–Trinajstić information content (AvgIpc) is 2.26. The third-order valence-corrected chi connectivity index (χ3v) is 1.91. The van der Waals surface area contributed by atoms with Crippen LogP contribution in [0.5, 0.6) is 0 Å². The first-order chi connectivity index (χ1) is 7.63. The maximum atomic E-state index is 11.5. The number of carbonyl (C=O) groups excluding carboxylic acids is 1. The van der Waals surface area contributed by atoms with Gasteiger partial charge in [0, 0.05) is 0 Å². The summed E-state index contributed by atoms with van der Waals surface area (Å²) in [6, 6.07) is 9.31. The second-order valence-electron chi connectivity index (χ2n) is 3.66. The van der Waals surface area contributed by atoms with Crippen LogP contribution in [0.3, 0.4) is 0 Å². The Morgan fingerprint density at radius 2 is 2.00 bits per heavy atom. The molecular weight excluding hydrogens is 204 g/mol. The number of benzene rings is 1. The Morgan fingerprint density at radius 3 is 2.50 bits per heavy atom. The molecule has 0 aliphatic rings. The smallest absolute Gasteiger partial charge is 0.417 e. The SMILES string of the molecule is CC(C)OC(=O)C(Cc1ccccc1)=[N+]=[N-]. The zero-order valence-electron chi connectivity index (χ0n) is 9.38. The lowest BCUT2D eigenvalue weighted by Crippen LogP contribution is -2.23. The first-order valence-corrected chi connectivity index (χ1v) is 5.09. The fourth-order valence-corrected chi connectivity index (χ4v) is 1.22. The van der Waals surface area contributed by atoms with Crippen molar-refractivity contribution in [2.24, 2.45) is 0 Å². The van der Waals surface area contributed by atoms with E-state index in [-0.39, 0.29) is 18.2 Å². The molecule has 0 spiro atoms. The normalized spacial score (nSPS) is 9.69. The number of hydrogen-bond donors (Lipinski definition) is 0. The molecule has 0 amide bonds. The molecule has 4 nitrogen and oxygen atoms in total. The van der Waals surface area contributed by atoms with Crippen LogP contribution in [0.1, 0.15) is 19.4 Å². The van der Waals surface area contributed by atoms with Crippen LogP contribution >= 0.6 is 0 Å². The number of ether oxygens (including phenoxy) is 1. The largest absolute Gasteiger partial charge is 0.454 e. The van der Waals surface area contributed by atoms with Crippen LogP contribution in [0.2, 0.25) is 0 Å².